The van der Waals surface area contributed by atoms with Crippen molar-refractivity contribution in [3.63, 3.8) is 0 Å². The molecule has 118 valence electrons. The molecule has 0 aliphatic carbocycles. The van der Waals surface area contributed by atoms with Gasteiger partial charge in [0.2, 0.25) is 0 Å². The van der Waals surface area contributed by atoms with Crippen LogP contribution in [0.4, 0.5) is 19.0 Å². The molecule has 0 bridgehead atoms. The number of aryl methyl sites for hydroxylation is 1. The second-order valence-corrected chi connectivity index (χ2v) is 5.59. The molecule has 0 saturated carbocycles. The number of nitrogens with zero attached hydrogens (tertiary/aromatic N) is 3. The molecule has 0 saturated heterocycles. The number of hydrogen-bond acceptors (Lipinski definition) is 3. The minimum absolute atomic E-state index is 0.0545. The molecule has 1 aromatic heterocycles. The highest BCUT2D eigenvalue weighted by Crippen LogP contribution is 2.30. The van der Waals surface area contributed by atoms with Gasteiger partial charge in [-0.1, -0.05) is 29.3 Å². The molecule has 0 unspecified atom stereocenters. The predicted octanol–water partition coefficient (Wildman–Crippen LogP) is 4.75. The Morgan fingerprint density at radius 2 is 1.82 bits per heavy atom. The third-order valence-corrected chi connectivity index (χ3v) is 3.52. The molecule has 0 amide bonds. The van der Waals surface area contributed by atoms with Gasteiger partial charge in [-0.2, -0.15) is 13.2 Å². The van der Waals surface area contributed by atoms with Crippen LogP contribution in [0.3, 0.4) is 0 Å². The maximum Gasteiger partial charge on any atom is 0.433 e. The predicted molar refractivity (Wildman–Crippen MR) is 80.3 cm³/mol. The first-order valence-electron chi connectivity index (χ1n) is 6.25. The molecule has 0 N–H and O–H groups in total. The smallest absolute Gasteiger partial charge is 0.355 e. The van der Waals surface area contributed by atoms with Crippen LogP contribution in [0.15, 0.2) is 24.3 Å². The fourth-order valence-corrected chi connectivity index (χ4v) is 2.35. The van der Waals surface area contributed by atoms with E-state index in [-0.39, 0.29) is 11.6 Å². The summed E-state index contributed by atoms with van der Waals surface area (Å²) in [6.07, 6.45) is -4.51. The van der Waals surface area contributed by atoms with Crippen molar-refractivity contribution in [2.45, 2.75) is 19.6 Å². The van der Waals surface area contributed by atoms with E-state index in [1.165, 1.54) is 6.92 Å². The number of benzene rings is 1. The number of aromatic nitrogens is 2. The summed E-state index contributed by atoms with van der Waals surface area (Å²) in [5.41, 5.74) is -0.234. The Labute approximate surface area is 135 Å². The van der Waals surface area contributed by atoms with Gasteiger partial charge >= 0.3 is 6.18 Å². The van der Waals surface area contributed by atoms with E-state index in [1.54, 1.807) is 30.1 Å². The summed E-state index contributed by atoms with van der Waals surface area (Å²) in [5.74, 6) is 0.227. The van der Waals surface area contributed by atoms with E-state index in [1.807, 2.05) is 0 Å². The second-order valence-electron chi connectivity index (χ2n) is 4.75. The van der Waals surface area contributed by atoms with Gasteiger partial charge < -0.3 is 4.90 Å². The van der Waals surface area contributed by atoms with Gasteiger partial charge in [0.05, 0.1) is 0 Å². The zero-order valence-electron chi connectivity index (χ0n) is 11.7. The van der Waals surface area contributed by atoms with Crippen molar-refractivity contribution in [1.82, 2.24) is 9.97 Å². The van der Waals surface area contributed by atoms with Crippen molar-refractivity contribution in [3.8, 4) is 0 Å². The van der Waals surface area contributed by atoms with Crippen LogP contribution in [0.5, 0.6) is 0 Å². The average molecular weight is 350 g/mol. The molecule has 1 aromatic carbocycles. The van der Waals surface area contributed by atoms with Gasteiger partial charge in [0.15, 0.2) is 0 Å². The molecule has 3 nitrogen and oxygen atoms in total. The van der Waals surface area contributed by atoms with Crippen molar-refractivity contribution in [1.29, 1.82) is 0 Å². The number of anilines is 1. The lowest BCUT2D eigenvalue weighted by atomic mass is 10.2. The molecule has 0 radical (unpaired) electrons. The van der Waals surface area contributed by atoms with E-state index in [0.717, 1.165) is 11.6 Å². The third-order valence-electron chi connectivity index (χ3n) is 2.93. The van der Waals surface area contributed by atoms with Gasteiger partial charge in [-0.3, -0.25) is 0 Å². The Morgan fingerprint density at radius 1 is 1.14 bits per heavy atom. The Hall–Kier alpha value is -1.53. The van der Waals surface area contributed by atoms with Crippen molar-refractivity contribution >= 4 is 29.0 Å². The van der Waals surface area contributed by atoms with Crippen molar-refractivity contribution in [3.05, 3.63) is 51.4 Å². The highest BCUT2D eigenvalue weighted by atomic mass is 35.5. The molecular formula is C14H12Cl2F3N3. The third kappa shape index (κ3) is 4.01. The molecule has 2 aromatic rings. The summed E-state index contributed by atoms with van der Waals surface area (Å²) >= 11 is 11.9. The standard InChI is InChI=1S/C14H12Cl2F3N3/c1-8-20-12(14(17,18)19)6-13(21-8)22(2)7-9-3-4-10(15)5-11(9)16/h3-6H,7H2,1-2H3. The largest absolute Gasteiger partial charge is 0.433 e. The van der Waals surface area contributed by atoms with Crippen LogP contribution in [-0.2, 0) is 12.7 Å². The average Bonchev–Trinajstić information content (AvgIpc) is 2.40. The molecular weight excluding hydrogens is 338 g/mol. The molecule has 0 atom stereocenters. The fourth-order valence-electron chi connectivity index (χ4n) is 1.88. The van der Waals surface area contributed by atoms with Crippen LogP contribution in [0, 0.1) is 6.92 Å². The van der Waals surface area contributed by atoms with Gasteiger partial charge in [0, 0.05) is 29.7 Å². The van der Waals surface area contributed by atoms with Crippen LogP contribution < -0.4 is 4.90 Å². The summed E-state index contributed by atoms with van der Waals surface area (Å²) < 4.78 is 38.4. The first-order chi connectivity index (χ1) is 10.2. The summed E-state index contributed by atoms with van der Waals surface area (Å²) in [7, 11) is 1.63. The van der Waals surface area contributed by atoms with Gasteiger partial charge in [0.25, 0.3) is 0 Å². The minimum atomic E-state index is -4.51. The Bertz CT molecular complexity index is 690. The second kappa shape index (κ2) is 6.30. The Kier molecular flexibility index (Phi) is 4.82. The minimum Gasteiger partial charge on any atom is -0.355 e. The Balaban J connectivity index is 2.29. The lowest BCUT2D eigenvalue weighted by molar-refractivity contribution is -0.141. The zero-order valence-corrected chi connectivity index (χ0v) is 13.3. The summed E-state index contributed by atoms with van der Waals surface area (Å²) in [4.78, 5) is 9.02. The number of alkyl halides is 3. The maximum atomic E-state index is 12.8. The lowest BCUT2D eigenvalue weighted by Crippen LogP contribution is -2.20. The molecule has 0 aliphatic heterocycles. The van der Waals surface area contributed by atoms with E-state index in [0.29, 0.717) is 16.6 Å². The van der Waals surface area contributed by atoms with Gasteiger partial charge in [-0.05, 0) is 24.6 Å². The van der Waals surface area contributed by atoms with E-state index in [9.17, 15) is 13.2 Å². The summed E-state index contributed by atoms with van der Waals surface area (Å²) in [6.45, 7) is 1.71. The maximum absolute atomic E-state index is 12.8. The van der Waals surface area contributed by atoms with Gasteiger partial charge in [-0.15, -0.1) is 0 Å². The monoisotopic (exact) mass is 349 g/mol. The first-order valence-corrected chi connectivity index (χ1v) is 7.00. The van der Waals surface area contributed by atoms with E-state index in [4.69, 9.17) is 23.2 Å². The van der Waals surface area contributed by atoms with Crippen LogP contribution in [0.2, 0.25) is 10.0 Å². The molecule has 1 heterocycles. The number of hydrogen-bond donors (Lipinski definition) is 0. The van der Waals surface area contributed by atoms with Gasteiger partial charge in [-0.25, -0.2) is 9.97 Å². The molecule has 2 rings (SSSR count). The molecule has 22 heavy (non-hydrogen) atoms. The van der Waals surface area contributed by atoms with E-state index >= 15 is 0 Å². The van der Waals surface area contributed by atoms with E-state index < -0.39 is 11.9 Å². The fraction of sp³-hybridized carbons (Fsp3) is 0.286. The number of rotatable bonds is 3. The van der Waals surface area contributed by atoms with Gasteiger partial charge in [0.1, 0.15) is 17.3 Å². The SMILES string of the molecule is Cc1nc(N(C)Cc2ccc(Cl)cc2Cl)cc(C(F)(F)F)n1. The molecule has 0 fully saturated rings. The normalized spacial score (nSPS) is 11.6. The van der Waals surface area contributed by atoms with E-state index in [2.05, 4.69) is 9.97 Å². The highest BCUT2D eigenvalue weighted by Gasteiger charge is 2.33. The molecule has 0 spiro atoms. The van der Waals surface area contributed by atoms with Crippen LogP contribution in [-0.4, -0.2) is 17.0 Å². The topological polar surface area (TPSA) is 29.0 Å². The van der Waals surface area contributed by atoms with Crippen LogP contribution in [0.1, 0.15) is 17.1 Å². The lowest BCUT2D eigenvalue weighted by Gasteiger charge is -2.20. The quantitative estimate of drug-likeness (QED) is 0.800. The molecule has 0 aliphatic rings. The van der Waals surface area contributed by atoms with Crippen molar-refractivity contribution in [2.75, 3.05) is 11.9 Å². The zero-order chi connectivity index (χ0) is 16.5. The van der Waals surface area contributed by atoms with Crippen LogP contribution >= 0.6 is 23.2 Å². The van der Waals surface area contributed by atoms with Crippen molar-refractivity contribution < 1.29 is 13.2 Å². The summed E-state index contributed by atoms with van der Waals surface area (Å²) in [5, 5.41) is 0.940. The van der Waals surface area contributed by atoms with Crippen molar-refractivity contribution in [2.24, 2.45) is 0 Å². The number of halogens is 5. The van der Waals surface area contributed by atoms with Crippen LogP contribution in [0.25, 0.3) is 0 Å². The highest BCUT2D eigenvalue weighted by molar-refractivity contribution is 6.35. The Morgan fingerprint density at radius 3 is 2.41 bits per heavy atom. The molecule has 8 heteroatoms. The summed E-state index contributed by atoms with van der Waals surface area (Å²) in [6, 6.07) is 5.89. The first kappa shape index (κ1) is 16.8.